The molecule has 6 rings (SSSR count). The molecule has 1 aliphatic carbocycles. The number of hydrazine groups is 1. The van der Waals surface area contributed by atoms with E-state index >= 15 is 0 Å². The van der Waals surface area contributed by atoms with Gasteiger partial charge in [0.1, 0.15) is 0 Å². The van der Waals surface area contributed by atoms with Crippen molar-refractivity contribution in [3.63, 3.8) is 0 Å². The van der Waals surface area contributed by atoms with Gasteiger partial charge in [-0.05, 0) is 50.3 Å². The number of carbonyl (C=O) groups is 1. The van der Waals surface area contributed by atoms with Crippen LogP contribution in [-0.4, -0.2) is 77.4 Å². The van der Waals surface area contributed by atoms with Gasteiger partial charge in [-0.15, -0.1) is 0 Å². The molecule has 2 aromatic heterocycles. The first-order chi connectivity index (χ1) is 18.6. The second kappa shape index (κ2) is 10.2. The van der Waals surface area contributed by atoms with Crippen molar-refractivity contribution in [2.75, 3.05) is 46.6 Å². The minimum atomic E-state index is -4.62. The lowest BCUT2D eigenvalue weighted by Crippen LogP contribution is -2.54. The number of hydrogen-bond acceptors (Lipinski definition) is 7. The van der Waals surface area contributed by atoms with E-state index in [4.69, 9.17) is 4.74 Å². The number of carbonyl (C=O) groups excluding carboxylic acids is 1. The highest BCUT2D eigenvalue weighted by atomic mass is 19.4. The van der Waals surface area contributed by atoms with Crippen LogP contribution in [0.5, 0.6) is 0 Å². The van der Waals surface area contributed by atoms with Gasteiger partial charge < -0.3 is 10.1 Å². The molecule has 0 spiro atoms. The van der Waals surface area contributed by atoms with Crippen LogP contribution in [0.15, 0.2) is 23.3 Å². The SMILES string of the molecule is CN1CNNC1CC1(C2CCCC(n3cc4c(C(F)(F)F)cc(CN5CCNC(=O)C5)cn4c3=O)C2)COC1. The number of imidazole rings is 1. The molecule has 5 heterocycles. The largest absolute Gasteiger partial charge is 0.418 e. The Hall–Kier alpha value is -2.45. The van der Waals surface area contributed by atoms with Crippen molar-refractivity contribution in [1.82, 2.24) is 34.9 Å². The van der Waals surface area contributed by atoms with Gasteiger partial charge in [-0.1, -0.05) is 6.42 Å². The first kappa shape index (κ1) is 26.8. The summed E-state index contributed by atoms with van der Waals surface area (Å²) in [5, 5.41) is 2.72. The van der Waals surface area contributed by atoms with Crippen molar-refractivity contribution in [1.29, 1.82) is 0 Å². The first-order valence-corrected chi connectivity index (χ1v) is 13.7. The Morgan fingerprint density at radius 3 is 2.67 bits per heavy atom. The van der Waals surface area contributed by atoms with Crippen molar-refractivity contribution < 1.29 is 22.7 Å². The Bertz CT molecular complexity index is 1290. The number of nitrogens with one attached hydrogen (secondary N) is 3. The molecule has 3 atom stereocenters. The van der Waals surface area contributed by atoms with Gasteiger partial charge in [0, 0.05) is 43.5 Å². The van der Waals surface area contributed by atoms with E-state index in [9.17, 15) is 22.8 Å². The lowest BCUT2D eigenvalue weighted by Gasteiger charge is -2.51. The highest BCUT2D eigenvalue weighted by Crippen LogP contribution is 2.49. The van der Waals surface area contributed by atoms with Gasteiger partial charge in [0.25, 0.3) is 0 Å². The molecule has 3 N–H and O–H groups in total. The van der Waals surface area contributed by atoms with Gasteiger partial charge >= 0.3 is 11.9 Å². The van der Waals surface area contributed by atoms with Crippen LogP contribution < -0.4 is 21.9 Å². The predicted molar refractivity (Wildman–Crippen MR) is 136 cm³/mol. The number of nitrogens with zero attached hydrogens (tertiary/aromatic N) is 4. The summed E-state index contributed by atoms with van der Waals surface area (Å²) in [5.41, 5.74) is 5.46. The average molecular weight is 552 g/mol. The second-order valence-electron chi connectivity index (χ2n) is 11.7. The van der Waals surface area contributed by atoms with E-state index in [2.05, 4.69) is 28.1 Å². The number of amides is 1. The Labute approximate surface area is 224 Å². The van der Waals surface area contributed by atoms with Crippen molar-refractivity contribution >= 4 is 11.4 Å². The van der Waals surface area contributed by atoms with E-state index in [-0.39, 0.29) is 42.1 Å². The fourth-order valence-electron chi connectivity index (χ4n) is 6.88. The zero-order valence-electron chi connectivity index (χ0n) is 22.1. The highest BCUT2D eigenvalue weighted by molar-refractivity contribution is 5.78. The van der Waals surface area contributed by atoms with Crippen LogP contribution >= 0.6 is 0 Å². The van der Waals surface area contributed by atoms with Gasteiger partial charge in [0.05, 0.1) is 43.7 Å². The number of rotatable bonds is 6. The zero-order valence-corrected chi connectivity index (χ0v) is 22.1. The maximum Gasteiger partial charge on any atom is 0.418 e. The molecule has 3 unspecified atom stereocenters. The molecule has 0 radical (unpaired) electrons. The van der Waals surface area contributed by atoms with E-state index in [1.807, 2.05) is 0 Å². The molecule has 1 saturated carbocycles. The molecule has 4 fully saturated rings. The number of alkyl halides is 3. The predicted octanol–water partition coefficient (Wildman–Crippen LogP) is 1.51. The third-order valence-corrected chi connectivity index (χ3v) is 9.09. The minimum Gasteiger partial charge on any atom is -0.380 e. The highest BCUT2D eigenvalue weighted by Gasteiger charge is 2.49. The standard InChI is InChI=1S/C26H36F3N7O3/c1-33-16-31-32-22(33)9-25(14-39-15-25)18-3-2-4-19(8-18)35-12-21-20(26(27,28)29)7-17(11-36(21)24(35)38)10-34-6-5-30-23(37)13-34/h7,11-12,18-19,22,31-32H,2-6,8-10,13-16H2,1H3,(H,30,37). The third kappa shape index (κ3) is 5.10. The van der Waals surface area contributed by atoms with Gasteiger partial charge in [-0.25, -0.2) is 15.6 Å². The lowest BCUT2D eigenvalue weighted by atomic mass is 9.64. The average Bonchev–Trinajstić information content (AvgIpc) is 3.43. The number of hydrogen-bond donors (Lipinski definition) is 3. The van der Waals surface area contributed by atoms with Crippen molar-refractivity contribution in [3.05, 3.63) is 40.1 Å². The van der Waals surface area contributed by atoms with Crippen LogP contribution in [0, 0.1) is 11.3 Å². The van der Waals surface area contributed by atoms with Crippen LogP contribution in [0.3, 0.4) is 0 Å². The van der Waals surface area contributed by atoms with Gasteiger partial charge in [0.15, 0.2) is 0 Å². The summed E-state index contributed by atoms with van der Waals surface area (Å²) in [4.78, 5) is 29.4. The van der Waals surface area contributed by atoms with E-state index in [0.29, 0.717) is 37.8 Å². The maximum absolute atomic E-state index is 14.2. The van der Waals surface area contributed by atoms with Gasteiger partial charge in [-0.3, -0.25) is 23.6 Å². The molecule has 0 aromatic carbocycles. The molecule has 2 aromatic rings. The fourth-order valence-corrected chi connectivity index (χ4v) is 6.88. The van der Waals surface area contributed by atoms with E-state index < -0.39 is 17.4 Å². The van der Waals surface area contributed by atoms with Crippen molar-refractivity contribution in [2.45, 2.75) is 57.0 Å². The lowest BCUT2D eigenvalue weighted by molar-refractivity contribution is -0.167. The topological polar surface area (TPSA) is 95.3 Å². The molecule has 1 amide bonds. The maximum atomic E-state index is 14.2. The number of pyridine rings is 1. The van der Waals surface area contributed by atoms with E-state index in [1.54, 1.807) is 4.90 Å². The Morgan fingerprint density at radius 2 is 2.00 bits per heavy atom. The molecule has 3 aliphatic heterocycles. The number of aromatic nitrogens is 2. The van der Waals surface area contributed by atoms with E-state index in [1.165, 1.54) is 17.0 Å². The smallest absolute Gasteiger partial charge is 0.380 e. The molecular weight excluding hydrogens is 515 g/mol. The van der Waals surface area contributed by atoms with Crippen LogP contribution in [0.4, 0.5) is 13.2 Å². The van der Waals surface area contributed by atoms with Gasteiger partial charge in [0.2, 0.25) is 5.91 Å². The molecule has 3 saturated heterocycles. The number of piperazine rings is 1. The van der Waals surface area contributed by atoms with E-state index in [0.717, 1.165) is 49.2 Å². The van der Waals surface area contributed by atoms with Crippen LogP contribution in [-0.2, 0) is 22.3 Å². The summed E-state index contributed by atoms with van der Waals surface area (Å²) >= 11 is 0. The fraction of sp³-hybridized carbons (Fsp3) is 0.692. The quantitative estimate of drug-likeness (QED) is 0.501. The first-order valence-electron chi connectivity index (χ1n) is 13.7. The zero-order chi connectivity index (χ0) is 27.4. The van der Waals surface area contributed by atoms with Crippen LogP contribution in [0.2, 0.25) is 0 Å². The molecule has 13 heteroatoms. The summed E-state index contributed by atoms with van der Waals surface area (Å²) in [5.74, 6) is 0.161. The molecular formula is C26H36F3N7O3. The third-order valence-electron chi connectivity index (χ3n) is 9.09. The summed E-state index contributed by atoms with van der Waals surface area (Å²) in [6.45, 7) is 3.36. The van der Waals surface area contributed by atoms with Crippen molar-refractivity contribution in [2.24, 2.45) is 11.3 Å². The summed E-state index contributed by atoms with van der Waals surface area (Å²) in [6, 6.07) is 0.950. The number of fused-ring (bicyclic) bond motifs is 1. The van der Waals surface area contributed by atoms with Gasteiger partial charge in [-0.2, -0.15) is 13.2 Å². The summed E-state index contributed by atoms with van der Waals surface area (Å²) < 4.78 is 50.9. The Morgan fingerprint density at radius 1 is 1.18 bits per heavy atom. The molecule has 10 nitrogen and oxygen atoms in total. The minimum absolute atomic E-state index is 0.00951. The number of halogens is 3. The Balaban J connectivity index is 1.29. The second-order valence-corrected chi connectivity index (χ2v) is 11.7. The number of ether oxygens (including phenoxy) is 1. The Kier molecular flexibility index (Phi) is 6.99. The summed E-state index contributed by atoms with van der Waals surface area (Å²) in [6.07, 6.45) is 2.82. The normalized spacial score (nSPS) is 28.5. The van der Waals surface area contributed by atoms with Crippen LogP contribution in [0.25, 0.3) is 5.52 Å². The molecule has 0 bridgehead atoms. The summed E-state index contributed by atoms with van der Waals surface area (Å²) in [7, 11) is 2.06. The monoisotopic (exact) mass is 551 g/mol. The molecule has 4 aliphatic rings. The molecule has 214 valence electrons. The van der Waals surface area contributed by atoms with Crippen LogP contribution in [0.1, 0.15) is 49.3 Å². The van der Waals surface area contributed by atoms with Crippen molar-refractivity contribution in [3.8, 4) is 0 Å². The molecule has 39 heavy (non-hydrogen) atoms.